The molecule has 2 rings (SSSR count). The van der Waals surface area contributed by atoms with Crippen molar-refractivity contribution >= 4 is 15.8 Å². The molecule has 1 fully saturated rings. The van der Waals surface area contributed by atoms with E-state index in [2.05, 4.69) is 0 Å². The standard InChI is InChI=1S/C17H24O5S/c1-12-10-14(4-5-16(12)23(3,19)20)15(17(18)21-2)11-13-6-8-22-9-7-13/h4-5,10,13,15H,6-9,11H2,1-3H3. The maximum Gasteiger partial charge on any atom is 0.313 e. The van der Waals surface area contributed by atoms with Crippen LogP contribution in [0, 0.1) is 12.8 Å². The minimum absolute atomic E-state index is 0.275. The number of carbonyl (C=O) groups is 1. The SMILES string of the molecule is COC(=O)C(CC1CCOCC1)c1ccc(S(C)(=O)=O)c(C)c1. The second kappa shape index (κ2) is 7.45. The van der Waals surface area contributed by atoms with Gasteiger partial charge in [0.2, 0.25) is 0 Å². The molecule has 0 amide bonds. The Labute approximate surface area is 137 Å². The molecule has 0 aromatic heterocycles. The highest BCUT2D eigenvalue weighted by atomic mass is 32.2. The molecule has 1 heterocycles. The molecule has 1 aliphatic heterocycles. The summed E-state index contributed by atoms with van der Waals surface area (Å²) in [5, 5.41) is 0. The van der Waals surface area contributed by atoms with Gasteiger partial charge in [0.05, 0.1) is 17.9 Å². The highest BCUT2D eigenvalue weighted by Crippen LogP contribution is 2.31. The van der Waals surface area contributed by atoms with Gasteiger partial charge in [0.15, 0.2) is 9.84 Å². The Kier molecular flexibility index (Phi) is 5.81. The topological polar surface area (TPSA) is 69.7 Å². The second-order valence-electron chi connectivity index (χ2n) is 6.16. The first kappa shape index (κ1) is 17.9. The summed E-state index contributed by atoms with van der Waals surface area (Å²) in [5.41, 5.74) is 1.47. The summed E-state index contributed by atoms with van der Waals surface area (Å²) in [6, 6.07) is 5.10. The van der Waals surface area contributed by atoms with Crippen molar-refractivity contribution in [3.8, 4) is 0 Å². The molecule has 1 aliphatic rings. The average Bonchev–Trinajstić information content (AvgIpc) is 2.51. The van der Waals surface area contributed by atoms with Crippen LogP contribution in [0.15, 0.2) is 23.1 Å². The normalized spacial score (nSPS) is 17.7. The first-order valence-electron chi connectivity index (χ1n) is 7.79. The van der Waals surface area contributed by atoms with Crippen molar-refractivity contribution in [1.29, 1.82) is 0 Å². The van der Waals surface area contributed by atoms with Crippen molar-refractivity contribution in [2.75, 3.05) is 26.6 Å². The fraction of sp³-hybridized carbons (Fsp3) is 0.588. The zero-order valence-electron chi connectivity index (χ0n) is 13.9. The number of benzene rings is 1. The third kappa shape index (κ3) is 4.54. The molecule has 0 bridgehead atoms. The van der Waals surface area contributed by atoms with Crippen LogP contribution in [0.5, 0.6) is 0 Å². The molecular weight excluding hydrogens is 316 g/mol. The summed E-state index contributed by atoms with van der Waals surface area (Å²) in [6.45, 7) is 3.21. The molecular formula is C17H24O5S. The van der Waals surface area contributed by atoms with Crippen LogP contribution >= 0.6 is 0 Å². The van der Waals surface area contributed by atoms with Crippen LogP contribution in [0.1, 0.15) is 36.3 Å². The number of esters is 1. The summed E-state index contributed by atoms with van der Waals surface area (Å²) >= 11 is 0. The molecule has 1 atom stereocenters. The number of rotatable bonds is 5. The number of ether oxygens (including phenoxy) is 2. The molecule has 6 heteroatoms. The van der Waals surface area contributed by atoms with Crippen molar-refractivity contribution in [2.24, 2.45) is 5.92 Å². The summed E-state index contributed by atoms with van der Waals surface area (Å²) in [5.74, 6) is -0.221. The first-order chi connectivity index (χ1) is 10.8. The fourth-order valence-corrected chi connectivity index (χ4v) is 4.09. The third-order valence-electron chi connectivity index (χ3n) is 4.40. The molecule has 5 nitrogen and oxygen atoms in total. The van der Waals surface area contributed by atoms with Gasteiger partial charge < -0.3 is 9.47 Å². The maximum absolute atomic E-state index is 12.2. The van der Waals surface area contributed by atoms with E-state index in [0.717, 1.165) is 31.6 Å². The molecule has 1 unspecified atom stereocenters. The second-order valence-corrected chi connectivity index (χ2v) is 8.15. The summed E-state index contributed by atoms with van der Waals surface area (Å²) < 4.78 is 33.8. The Morgan fingerprint density at radius 2 is 2.00 bits per heavy atom. The zero-order valence-corrected chi connectivity index (χ0v) is 14.7. The van der Waals surface area contributed by atoms with E-state index in [1.165, 1.54) is 13.4 Å². The van der Waals surface area contributed by atoms with E-state index in [4.69, 9.17) is 9.47 Å². The van der Waals surface area contributed by atoms with Crippen molar-refractivity contribution in [3.05, 3.63) is 29.3 Å². The summed E-state index contributed by atoms with van der Waals surface area (Å²) in [4.78, 5) is 12.5. The van der Waals surface area contributed by atoms with Crippen LogP contribution in [-0.4, -0.2) is 41.0 Å². The van der Waals surface area contributed by atoms with E-state index < -0.39 is 9.84 Å². The quantitative estimate of drug-likeness (QED) is 0.770. The van der Waals surface area contributed by atoms with Gasteiger partial charge in [-0.2, -0.15) is 0 Å². The van der Waals surface area contributed by atoms with Gasteiger partial charge in [-0.15, -0.1) is 0 Å². The molecule has 0 radical (unpaired) electrons. The van der Waals surface area contributed by atoms with Crippen molar-refractivity contribution in [2.45, 2.75) is 37.0 Å². The van der Waals surface area contributed by atoms with Crippen LogP contribution in [0.4, 0.5) is 0 Å². The van der Waals surface area contributed by atoms with E-state index in [1.54, 1.807) is 25.1 Å². The molecule has 1 aromatic rings. The summed E-state index contributed by atoms with van der Waals surface area (Å²) in [7, 11) is -1.88. The molecule has 1 aromatic carbocycles. The lowest BCUT2D eigenvalue weighted by Gasteiger charge is -2.26. The Balaban J connectivity index is 2.28. The molecule has 23 heavy (non-hydrogen) atoms. The molecule has 128 valence electrons. The predicted octanol–water partition coefficient (Wildman–Crippen LogP) is 2.47. The van der Waals surface area contributed by atoms with Gasteiger partial charge >= 0.3 is 5.97 Å². The summed E-state index contributed by atoms with van der Waals surface area (Å²) in [6.07, 6.45) is 3.77. The Bertz CT molecular complexity index is 660. The lowest BCUT2D eigenvalue weighted by Crippen LogP contribution is -2.22. The van der Waals surface area contributed by atoms with Gasteiger partial charge in [-0.05, 0) is 49.3 Å². The first-order valence-corrected chi connectivity index (χ1v) is 9.68. The maximum atomic E-state index is 12.2. The molecule has 0 aliphatic carbocycles. The van der Waals surface area contributed by atoms with Crippen molar-refractivity contribution in [3.63, 3.8) is 0 Å². The Morgan fingerprint density at radius 3 is 2.52 bits per heavy atom. The van der Waals surface area contributed by atoms with E-state index in [-0.39, 0.29) is 11.9 Å². The van der Waals surface area contributed by atoms with Gasteiger partial charge in [0.25, 0.3) is 0 Å². The minimum atomic E-state index is -3.26. The molecule has 1 saturated heterocycles. The highest BCUT2D eigenvalue weighted by Gasteiger charge is 2.27. The van der Waals surface area contributed by atoms with E-state index in [1.807, 2.05) is 0 Å². The minimum Gasteiger partial charge on any atom is -0.469 e. The molecule has 0 spiro atoms. The predicted molar refractivity (Wildman–Crippen MR) is 87.2 cm³/mol. The number of sulfone groups is 1. The number of aryl methyl sites for hydroxylation is 1. The average molecular weight is 340 g/mol. The fourth-order valence-electron chi connectivity index (χ4n) is 3.13. The van der Waals surface area contributed by atoms with Crippen molar-refractivity contribution in [1.82, 2.24) is 0 Å². The van der Waals surface area contributed by atoms with Gasteiger partial charge in [-0.25, -0.2) is 8.42 Å². The molecule has 0 saturated carbocycles. The number of hydrogen-bond acceptors (Lipinski definition) is 5. The van der Waals surface area contributed by atoms with Crippen LogP contribution in [0.2, 0.25) is 0 Å². The van der Waals surface area contributed by atoms with Gasteiger partial charge in [-0.1, -0.05) is 12.1 Å². The van der Waals surface area contributed by atoms with E-state index >= 15 is 0 Å². The van der Waals surface area contributed by atoms with E-state index in [0.29, 0.717) is 22.8 Å². The van der Waals surface area contributed by atoms with Crippen LogP contribution in [0.3, 0.4) is 0 Å². The highest BCUT2D eigenvalue weighted by molar-refractivity contribution is 7.90. The Morgan fingerprint density at radius 1 is 1.35 bits per heavy atom. The lowest BCUT2D eigenvalue weighted by atomic mass is 9.84. The van der Waals surface area contributed by atoms with Crippen LogP contribution < -0.4 is 0 Å². The number of methoxy groups -OCH3 is 1. The van der Waals surface area contributed by atoms with E-state index in [9.17, 15) is 13.2 Å². The van der Waals surface area contributed by atoms with Crippen molar-refractivity contribution < 1.29 is 22.7 Å². The van der Waals surface area contributed by atoms with Crippen LogP contribution in [0.25, 0.3) is 0 Å². The number of carbonyl (C=O) groups excluding carboxylic acids is 1. The van der Waals surface area contributed by atoms with Crippen LogP contribution in [-0.2, 0) is 24.1 Å². The monoisotopic (exact) mass is 340 g/mol. The largest absolute Gasteiger partial charge is 0.469 e. The zero-order chi connectivity index (χ0) is 17.0. The number of hydrogen-bond donors (Lipinski definition) is 0. The van der Waals surface area contributed by atoms with Gasteiger partial charge in [0.1, 0.15) is 0 Å². The van der Waals surface area contributed by atoms with Gasteiger partial charge in [-0.3, -0.25) is 4.79 Å². The smallest absolute Gasteiger partial charge is 0.313 e. The third-order valence-corrected chi connectivity index (χ3v) is 5.65. The Hall–Kier alpha value is -1.40. The lowest BCUT2D eigenvalue weighted by molar-refractivity contribution is -0.143. The molecule has 0 N–H and O–H groups in total. The van der Waals surface area contributed by atoms with Gasteiger partial charge in [0, 0.05) is 19.5 Å².